The van der Waals surface area contributed by atoms with Crippen LogP contribution in [0.2, 0.25) is 10.3 Å². The summed E-state index contributed by atoms with van der Waals surface area (Å²) in [6.07, 6.45) is 6.71. The number of fused-ring (bicyclic) bond motifs is 4. The van der Waals surface area contributed by atoms with Crippen LogP contribution in [0, 0.1) is 23.3 Å². The molecular formula is C68H54BCl3F4N16O2. The number of rotatable bonds is 11. The molecule has 15 rings (SSSR count). The Balaban J connectivity index is 0.000000131. The van der Waals surface area contributed by atoms with Crippen molar-refractivity contribution in [3.63, 3.8) is 0 Å². The average molecular weight is 1320 g/mol. The molecule has 0 saturated heterocycles. The van der Waals surface area contributed by atoms with Crippen LogP contribution in [0.5, 0.6) is 0 Å². The van der Waals surface area contributed by atoms with Crippen molar-refractivity contribution in [2.75, 3.05) is 34.5 Å². The van der Waals surface area contributed by atoms with Gasteiger partial charge in [0.15, 0.2) is 22.6 Å². The lowest BCUT2D eigenvalue weighted by molar-refractivity contribution is 0.426. The third-order valence-corrected chi connectivity index (χ3v) is 14.3. The van der Waals surface area contributed by atoms with Crippen LogP contribution in [0.25, 0.3) is 45.1 Å². The van der Waals surface area contributed by atoms with Crippen LogP contribution in [0.1, 0.15) is 0 Å². The van der Waals surface area contributed by atoms with Gasteiger partial charge in [-0.15, -0.1) is 12.4 Å². The van der Waals surface area contributed by atoms with E-state index in [1.807, 2.05) is 115 Å². The summed E-state index contributed by atoms with van der Waals surface area (Å²) in [4.78, 5) is 21.4. The predicted molar refractivity (Wildman–Crippen MR) is 365 cm³/mol. The number of aromatic nitrogens is 12. The Labute approximate surface area is 551 Å². The Morgan fingerprint density at radius 2 is 0.713 bits per heavy atom. The van der Waals surface area contributed by atoms with Crippen molar-refractivity contribution in [2.45, 2.75) is 0 Å². The molecule has 0 aliphatic heterocycles. The highest BCUT2D eigenvalue weighted by Crippen LogP contribution is 2.31. The molecule has 0 saturated carbocycles. The molecule has 94 heavy (non-hydrogen) atoms. The number of nitrogens with one attached hydrogen (secondary N) is 2. The second kappa shape index (κ2) is 30.7. The molecule has 18 nitrogen and oxygen atoms in total. The third-order valence-electron chi connectivity index (χ3n) is 13.9. The first-order valence-electron chi connectivity index (χ1n) is 28.5. The lowest BCUT2D eigenvalue weighted by Crippen LogP contribution is -2.29. The maximum atomic E-state index is 13.2. The fraction of sp³-hybridized carbons (Fsp3) is 0.0294. The number of anilines is 8. The van der Waals surface area contributed by atoms with Crippen LogP contribution in [-0.4, -0.2) is 89.7 Å². The highest BCUT2D eigenvalue weighted by atomic mass is 35.5. The van der Waals surface area contributed by atoms with Gasteiger partial charge in [-0.25, -0.2) is 37.5 Å². The third kappa shape index (κ3) is 16.5. The van der Waals surface area contributed by atoms with E-state index in [2.05, 4.69) is 51.0 Å². The minimum Gasteiger partial charge on any atom is -0.423 e. The van der Waals surface area contributed by atoms with E-state index in [0.717, 1.165) is 74.0 Å². The minimum absolute atomic E-state index is 0. The summed E-state index contributed by atoms with van der Waals surface area (Å²) in [5, 5.41) is 41.3. The monoisotopic (exact) mass is 1320 g/mol. The van der Waals surface area contributed by atoms with E-state index in [1.54, 1.807) is 140 Å². The molecule has 0 amide bonds. The molecule has 4 N–H and O–H groups in total. The Hall–Kier alpha value is -11.2. The zero-order valence-electron chi connectivity index (χ0n) is 49.7. The van der Waals surface area contributed by atoms with E-state index < -0.39 is 7.12 Å². The van der Waals surface area contributed by atoms with Gasteiger partial charge < -0.3 is 30.5 Å². The molecule has 0 spiro atoms. The van der Waals surface area contributed by atoms with Gasteiger partial charge >= 0.3 is 7.12 Å². The molecule has 15 aromatic rings. The highest BCUT2D eigenvalue weighted by molar-refractivity contribution is 6.58. The lowest BCUT2D eigenvalue weighted by Gasteiger charge is -2.21. The largest absolute Gasteiger partial charge is 0.488 e. The number of benzene rings is 7. The van der Waals surface area contributed by atoms with E-state index in [0.29, 0.717) is 32.9 Å². The first-order valence-corrected chi connectivity index (χ1v) is 29.2. The molecule has 0 aliphatic carbocycles. The maximum Gasteiger partial charge on any atom is 0.488 e. The molecule has 0 aliphatic rings. The van der Waals surface area contributed by atoms with Crippen molar-refractivity contribution in [1.29, 1.82) is 0 Å². The van der Waals surface area contributed by atoms with E-state index in [4.69, 9.17) is 33.2 Å². The topological polar surface area (TPSA) is 192 Å². The van der Waals surface area contributed by atoms with Gasteiger partial charge in [-0.05, 0) is 103 Å². The van der Waals surface area contributed by atoms with Gasteiger partial charge in [0.25, 0.3) is 0 Å². The molecule has 8 heterocycles. The van der Waals surface area contributed by atoms with Crippen molar-refractivity contribution in [3.05, 3.63) is 295 Å². The summed E-state index contributed by atoms with van der Waals surface area (Å²) in [6, 6.07) is 68.0. The summed E-state index contributed by atoms with van der Waals surface area (Å²) in [6.45, 7) is 0. The van der Waals surface area contributed by atoms with Crippen LogP contribution in [0.4, 0.5) is 63.6 Å². The zero-order chi connectivity index (χ0) is 64.8. The van der Waals surface area contributed by atoms with E-state index >= 15 is 0 Å². The lowest BCUT2D eigenvalue weighted by atomic mass is 9.81. The summed E-state index contributed by atoms with van der Waals surface area (Å²) in [5.41, 5.74) is 10.4. The van der Waals surface area contributed by atoms with E-state index in [-0.39, 0.29) is 35.7 Å². The summed E-state index contributed by atoms with van der Waals surface area (Å²) in [5.74, 6) is 1.98. The summed E-state index contributed by atoms with van der Waals surface area (Å²) in [7, 11) is 2.45. The fourth-order valence-electron chi connectivity index (χ4n) is 9.31. The number of hydrogen-bond acceptors (Lipinski definition) is 14. The van der Waals surface area contributed by atoms with Gasteiger partial charge in [0.05, 0.1) is 36.2 Å². The molecule has 0 unspecified atom stereocenters. The van der Waals surface area contributed by atoms with Gasteiger partial charge in [-0.3, -0.25) is 0 Å². The van der Waals surface area contributed by atoms with Crippen LogP contribution in [-0.2, 0) is 0 Å². The van der Waals surface area contributed by atoms with Crippen LogP contribution in [0.3, 0.4) is 0 Å². The first kappa shape index (κ1) is 65.7. The molecule has 7 aromatic carbocycles. The molecular weight excluding hydrogens is 1270 g/mol. The van der Waals surface area contributed by atoms with Crippen molar-refractivity contribution >= 4 is 117 Å². The van der Waals surface area contributed by atoms with Gasteiger partial charge in [-0.1, -0.05) is 114 Å². The standard InChI is InChI=1S/C19H15FN4.C18H13FN4.C13H10ClFN4.C12H8ClFN4.C6H7BO2.ClH/c1-23(16-9-7-15(20)8-10-16)19-13-17(14-5-3-2-4-6-14)22-18-11-12-21-24(18)19;19-14-6-8-15(9-7-14)21-18-12-16(13-4-2-1-3-5-13)22-17-10-11-20-23(17)18;1-18(10-4-2-9(15)3-5-10)13-8-11(14)17-12-6-7-16-19(12)13;13-10-7-12(18-11(17-10)5-6-15-18)16-9-3-1-8(14)2-4-9;8-7(9)6-4-2-1-3-5-6;/h2-13H,1H3;1-12,21H;2-8H,1H3;1-7,16H;1-5,8-9H;1H. The molecule has 8 aromatic heterocycles. The first-order chi connectivity index (χ1) is 45.2. The Kier molecular flexibility index (Phi) is 21.5. The van der Waals surface area contributed by atoms with Crippen LogP contribution >= 0.6 is 35.6 Å². The summed E-state index contributed by atoms with van der Waals surface area (Å²) >= 11 is 11.9. The Morgan fingerprint density at radius 3 is 1.13 bits per heavy atom. The minimum atomic E-state index is -1.34. The predicted octanol–water partition coefficient (Wildman–Crippen LogP) is 14.9. The molecule has 0 fully saturated rings. The van der Waals surface area contributed by atoms with Crippen molar-refractivity contribution in [2.24, 2.45) is 0 Å². The molecule has 470 valence electrons. The van der Waals surface area contributed by atoms with Gasteiger partial charge in [0.1, 0.15) is 56.8 Å². The molecule has 0 bridgehead atoms. The van der Waals surface area contributed by atoms with Crippen molar-refractivity contribution < 1.29 is 27.6 Å². The average Bonchev–Trinajstić information content (AvgIpc) is 1.56. The number of hydrogen-bond donors (Lipinski definition) is 4. The maximum absolute atomic E-state index is 13.2. The molecule has 26 heteroatoms. The van der Waals surface area contributed by atoms with Crippen LogP contribution < -0.4 is 25.9 Å². The van der Waals surface area contributed by atoms with Gasteiger partial charge in [0.2, 0.25) is 0 Å². The van der Waals surface area contributed by atoms with Crippen molar-refractivity contribution in [3.8, 4) is 22.5 Å². The second-order valence-electron chi connectivity index (χ2n) is 20.2. The normalized spacial score (nSPS) is 10.6. The van der Waals surface area contributed by atoms with Gasteiger partial charge in [-0.2, -0.15) is 38.5 Å². The fourth-order valence-corrected chi connectivity index (χ4v) is 9.68. The SMILES string of the molecule is CN(c1ccc(F)cc1)c1cc(-c2ccccc2)nc2ccnn12.CN(c1ccc(F)cc1)c1cc(Cl)nc2ccnn12.Cl.Fc1ccc(Nc2cc(-c3ccccc3)nc3ccnn23)cc1.Fc1ccc(Nc2cc(Cl)nc3ccnn23)cc1.OB(O)c1ccccc1. The molecule has 0 atom stereocenters. The zero-order valence-corrected chi connectivity index (χ0v) is 52.1. The van der Waals surface area contributed by atoms with Gasteiger partial charge in [0, 0.05) is 96.5 Å². The Morgan fingerprint density at radius 1 is 0.383 bits per heavy atom. The molecule has 0 radical (unpaired) electrons. The second-order valence-corrected chi connectivity index (χ2v) is 21.0. The van der Waals surface area contributed by atoms with E-state index in [9.17, 15) is 17.6 Å². The number of nitrogens with zero attached hydrogens (tertiary/aromatic N) is 14. The Bertz CT molecular complexity index is 4910. The number of halogens is 7. The quantitative estimate of drug-likeness (QED) is 0.0543. The van der Waals surface area contributed by atoms with Crippen molar-refractivity contribution in [1.82, 2.24) is 58.4 Å². The van der Waals surface area contributed by atoms with Crippen LogP contribution in [0.15, 0.2) is 261 Å². The smallest absolute Gasteiger partial charge is 0.423 e. The summed E-state index contributed by atoms with van der Waals surface area (Å²) < 4.78 is 58.8. The highest BCUT2D eigenvalue weighted by Gasteiger charge is 2.16. The van der Waals surface area contributed by atoms with E-state index in [1.165, 1.54) is 48.5 Å².